The van der Waals surface area contributed by atoms with E-state index in [0.717, 1.165) is 35.8 Å². The molecule has 0 aliphatic carbocycles. The molecule has 0 spiro atoms. The summed E-state index contributed by atoms with van der Waals surface area (Å²) in [6.45, 7) is 10.4. The number of hydrogen-bond donors (Lipinski definition) is 2. The normalized spacial score (nSPS) is 10.2. The van der Waals surface area contributed by atoms with Gasteiger partial charge in [0.25, 0.3) is 0 Å². The molecule has 0 bridgehead atoms. The van der Waals surface area contributed by atoms with Gasteiger partial charge in [0.05, 0.1) is 0 Å². The summed E-state index contributed by atoms with van der Waals surface area (Å²) in [6.07, 6.45) is 0. The molecule has 134 valence electrons. The van der Waals surface area contributed by atoms with Crippen molar-refractivity contribution in [1.29, 1.82) is 0 Å². The Labute approximate surface area is 150 Å². The van der Waals surface area contributed by atoms with Crippen molar-refractivity contribution in [2.75, 3.05) is 30.0 Å². The van der Waals surface area contributed by atoms with Gasteiger partial charge in [0.1, 0.15) is 5.75 Å². The van der Waals surface area contributed by atoms with Gasteiger partial charge in [0.2, 0.25) is 0 Å². The molecule has 2 rings (SSSR count). The van der Waals surface area contributed by atoms with E-state index in [2.05, 4.69) is 36.3 Å². The molecule has 0 aliphatic rings. The molecular formula is C20H27N3O2. The van der Waals surface area contributed by atoms with E-state index in [1.807, 2.05) is 49.4 Å². The summed E-state index contributed by atoms with van der Waals surface area (Å²) in [5, 5.41) is 5.49. The van der Waals surface area contributed by atoms with Gasteiger partial charge in [-0.15, -0.1) is 0 Å². The van der Waals surface area contributed by atoms with Crippen molar-refractivity contribution in [3.05, 3.63) is 53.6 Å². The van der Waals surface area contributed by atoms with Crippen molar-refractivity contribution in [2.24, 2.45) is 0 Å². The first-order valence-corrected chi connectivity index (χ1v) is 8.63. The Bertz CT molecular complexity index is 695. The zero-order chi connectivity index (χ0) is 18.2. The fraction of sp³-hybridized carbons (Fsp3) is 0.350. The first-order valence-electron chi connectivity index (χ1n) is 8.63. The number of ether oxygens (including phenoxy) is 1. The molecule has 2 amide bonds. The van der Waals surface area contributed by atoms with Gasteiger partial charge in [-0.1, -0.05) is 6.07 Å². The molecule has 0 aromatic heterocycles. The highest BCUT2D eigenvalue weighted by atomic mass is 16.5. The van der Waals surface area contributed by atoms with Crippen molar-refractivity contribution < 1.29 is 9.53 Å². The van der Waals surface area contributed by atoms with Crippen molar-refractivity contribution in [3.63, 3.8) is 0 Å². The van der Waals surface area contributed by atoms with E-state index in [1.54, 1.807) is 0 Å². The summed E-state index contributed by atoms with van der Waals surface area (Å²) < 4.78 is 5.55. The number of rotatable bonds is 7. The second kappa shape index (κ2) is 8.97. The monoisotopic (exact) mass is 341 g/mol. The van der Waals surface area contributed by atoms with Gasteiger partial charge in [0.15, 0.2) is 6.73 Å². The van der Waals surface area contributed by atoms with Gasteiger partial charge in [-0.3, -0.25) is 0 Å². The van der Waals surface area contributed by atoms with Crippen LogP contribution in [0.3, 0.4) is 0 Å². The number of benzene rings is 2. The number of carbonyl (C=O) groups excluding carboxylic acids is 1. The molecule has 0 radical (unpaired) electrons. The van der Waals surface area contributed by atoms with Gasteiger partial charge in [-0.2, -0.15) is 0 Å². The third-order valence-corrected chi connectivity index (χ3v) is 4.20. The molecule has 0 atom stereocenters. The molecule has 2 aromatic rings. The first-order chi connectivity index (χ1) is 12.0. The Balaban J connectivity index is 1.80. The van der Waals surface area contributed by atoms with Crippen LogP contribution in [0.5, 0.6) is 5.75 Å². The molecule has 0 fully saturated rings. The average Bonchev–Trinajstić information content (AvgIpc) is 2.60. The van der Waals surface area contributed by atoms with Crippen LogP contribution in [-0.2, 0) is 0 Å². The quantitative estimate of drug-likeness (QED) is 0.738. The van der Waals surface area contributed by atoms with Crippen LogP contribution in [0.1, 0.15) is 25.0 Å². The highest BCUT2D eigenvalue weighted by molar-refractivity contribution is 5.89. The van der Waals surface area contributed by atoms with Gasteiger partial charge in [0, 0.05) is 24.5 Å². The lowest BCUT2D eigenvalue weighted by molar-refractivity contribution is 0.234. The van der Waals surface area contributed by atoms with E-state index in [9.17, 15) is 4.79 Å². The molecule has 0 heterocycles. The minimum absolute atomic E-state index is 0.117. The molecule has 2 N–H and O–H groups in total. The van der Waals surface area contributed by atoms with E-state index in [-0.39, 0.29) is 12.8 Å². The standard InChI is InChI=1S/C20H27N3O2/c1-5-23(6-2)18-10-8-17(9-11-18)22-20(24)21-14-25-19-12-7-15(3)16(4)13-19/h7-13H,5-6,14H2,1-4H3,(H2,21,22,24). The zero-order valence-corrected chi connectivity index (χ0v) is 15.4. The fourth-order valence-electron chi connectivity index (χ4n) is 2.51. The second-order valence-corrected chi connectivity index (χ2v) is 5.88. The van der Waals surface area contributed by atoms with Crippen LogP contribution in [0, 0.1) is 13.8 Å². The van der Waals surface area contributed by atoms with Crippen molar-refractivity contribution in [2.45, 2.75) is 27.7 Å². The van der Waals surface area contributed by atoms with Crippen LogP contribution in [0.15, 0.2) is 42.5 Å². The number of urea groups is 1. The Morgan fingerprint density at radius 2 is 1.68 bits per heavy atom. The molecule has 25 heavy (non-hydrogen) atoms. The van der Waals surface area contributed by atoms with E-state index in [1.165, 1.54) is 5.56 Å². The SMILES string of the molecule is CCN(CC)c1ccc(NC(=O)NCOc2ccc(C)c(C)c2)cc1. The van der Waals surface area contributed by atoms with Crippen LogP contribution >= 0.6 is 0 Å². The summed E-state index contributed by atoms with van der Waals surface area (Å²) in [5.74, 6) is 0.743. The molecule has 0 unspecified atom stereocenters. The van der Waals surface area contributed by atoms with Crippen molar-refractivity contribution >= 4 is 17.4 Å². The third-order valence-electron chi connectivity index (χ3n) is 4.20. The van der Waals surface area contributed by atoms with Crippen LogP contribution in [0.25, 0.3) is 0 Å². The van der Waals surface area contributed by atoms with Gasteiger partial charge >= 0.3 is 6.03 Å². The highest BCUT2D eigenvalue weighted by Crippen LogP contribution is 2.18. The fourth-order valence-corrected chi connectivity index (χ4v) is 2.51. The zero-order valence-electron chi connectivity index (χ0n) is 15.4. The van der Waals surface area contributed by atoms with Gasteiger partial charge < -0.3 is 20.3 Å². The molecule has 5 nitrogen and oxygen atoms in total. The number of hydrogen-bond acceptors (Lipinski definition) is 3. The summed E-state index contributed by atoms with van der Waals surface area (Å²) in [6, 6.07) is 13.4. The number of nitrogens with zero attached hydrogens (tertiary/aromatic N) is 1. The number of amides is 2. The Hall–Kier alpha value is -2.69. The molecule has 0 saturated carbocycles. The Morgan fingerprint density at radius 3 is 2.28 bits per heavy atom. The van der Waals surface area contributed by atoms with E-state index in [4.69, 9.17) is 4.74 Å². The highest BCUT2D eigenvalue weighted by Gasteiger charge is 2.04. The molecule has 0 saturated heterocycles. The van der Waals surface area contributed by atoms with Crippen molar-refractivity contribution in [3.8, 4) is 5.75 Å². The summed E-state index contributed by atoms with van der Waals surface area (Å²) in [4.78, 5) is 14.2. The number of anilines is 2. The average molecular weight is 341 g/mol. The number of aryl methyl sites for hydroxylation is 2. The van der Waals surface area contributed by atoms with Crippen LogP contribution in [0.2, 0.25) is 0 Å². The first kappa shape index (κ1) is 18.6. The maximum Gasteiger partial charge on any atom is 0.321 e. The van der Waals surface area contributed by atoms with Crippen LogP contribution in [0.4, 0.5) is 16.2 Å². The lowest BCUT2D eigenvalue weighted by Gasteiger charge is -2.21. The smallest absolute Gasteiger partial charge is 0.321 e. The molecular weight excluding hydrogens is 314 g/mol. The Kier molecular flexibility index (Phi) is 6.69. The minimum atomic E-state index is -0.292. The van der Waals surface area contributed by atoms with E-state index in [0.29, 0.717) is 0 Å². The predicted molar refractivity (Wildman–Crippen MR) is 104 cm³/mol. The number of carbonyl (C=O) groups is 1. The predicted octanol–water partition coefficient (Wildman–Crippen LogP) is 4.31. The van der Waals surface area contributed by atoms with Crippen molar-refractivity contribution in [1.82, 2.24) is 5.32 Å². The van der Waals surface area contributed by atoms with Gasteiger partial charge in [-0.25, -0.2) is 4.79 Å². The summed E-state index contributed by atoms with van der Waals surface area (Å²) in [5.41, 5.74) is 4.27. The lowest BCUT2D eigenvalue weighted by Crippen LogP contribution is -2.32. The summed E-state index contributed by atoms with van der Waals surface area (Å²) >= 11 is 0. The van der Waals surface area contributed by atoms with E-state index >= 15 is 0 Å². The maximum atomic E-state index is 11.9. The summed E-state index contributed by atoms with van der Waals surface area (Å²) in [7, 11) is 0. The largest absolute Gasteiger partial charge is 0.473 e. The molecule has 2 aromatic carbocycles. The van der Waals surface area contributed by atoms with E-state index < -0.39 is 0 Å². The van der Waals surface area contributed by atoms with Crippen LogP contribution in [-0.4, -0.2) is 25.9 Å². The lowest BCUT2D eigenvalue weighted by atomic mass is 10.1. The van der Waals surface area contributed by atoms with Gasteiger partial charge in [-0.05, 0) is 75.2 Å². The molecule has 0 aliphatic heterocycles. The number of nitrogens with one attached hydrogen (secondary N) is 2. The third kappa shape index (κ3) is 5.41. The topological polar surface area (TPSA) is 53.6 Å². The minimum Gasteiger partial charge on any atom is -0.473 e. The molecule has 5 heteroatoms. The second-order valence-electron chi connectivity index (χ2n) is 5.88. The Morgan fingerprint density at radius 1 is 1.00 bits per heavy atom. The van der Waals surface area contributed by atoms with Crippen LogP contribution < -0.4 is 20.3 Å². The maximum absolute atomic E-state index is 11.9.